The fraction of sp³-hybridized carbons (Fsp3) is 0.615. The van der Waals surface area contributed by atoms with Crippen LogP contribution in [0.5, 0.6) is 0 Å². The molecule has 2 heterocycles. The minimum Gasteiger partial charge on any atom is -0.372 e. The number of anilines is 1. The number of nitrogens with zero attached hydrogens (tertiary/aromatic N) is 5. The van der Waals surface area contributed by atoms with E-state index in [4.69, 9.17) is 0 Å². The van der Waals surface area contributed by atoms with E-state index in [0.717, 1.165) is 35.8 Å². The highest BCUT2D eigenvalue weighted by atomic mass is 15.3. The molecule has 6 nitrogen and oxygen atoms in total. The first-order valence-corrected chi connectivity index (χ1v) is 6.56. The molecular weight excluding hydrogens is 240 g/mol. The van der Waals surface area contributed by atoms with E-state index in [1.165, 1.54) is 0 Å². The molecule has 0 fully saturated rings. The molecule has 0 unspecified atom stereocenters. The summed E-state index contributed by atoms with van der Waals surface area (Å²) < 4.78 is 1.78. The van der Waals surface area contributed by atoms with Gasteiger partial charge in [0.05, 0.1) is 18.1 Å². The van der Waals surface area contributed by atoms with Gasteiger partial charge in [-0.15, -0.1) is 0 Å². The van der Waals surface area contributed by atoms with Crippen LogP contribution in [0.15, 0.2) is 6.20 Å². The van der Waals surface area contributed by atoms with E-state index in [-0.39, 0.29) is 0 Å². The summed E-state index contributed by atoms with van der Waals surface area (Å²) in [6.07, 6.45) is 1.79. The fourth-order valence-corrected chi connectivity index (χ4v) is 2.26. The highest BCUT2D eigenvalue weighted by Gasteiger charge is 2.12. The highest BCUT2D eigenvalue weighted by molar-refractivity contribution is 5.86. The van der Waals surface area contributed by atoms with Gasteiger partial charge < -0.3 is 5.32 Å². The molecule has 104 valence electrons. The molecule has 2 aromatic rings. The number of aromatic nitrogens is 4. The van der Waals surface area contributed by atoms with Gasteiger partial charge in [-0.2, -0.15) is 5.10 Å². The Morgan fingerprint density at radius 2 is 2.11 bits per heavy atom. The first-order chi connectivity index (χ1) is 9.01. The number of hydrogen-bond acceptors (Lipinski definition) is 5. The lowest BCUT2D eigenvalue weighted by molar-refractivity contribution is 0.282. The molecule has 0 aliphatic carbocycles. The summed E-state index contributed by atoms with van der Waals surface area (Å²) in [6.45, 7) is 6.19. The number of rotatable bonds is 5. The summed E-state index contributed by atoms with van der Waals surface area (Å²) in [7, 11) is 5.86. The average Bonchev–Trinajstić information content (AvgIpc) is 2.69. The van der Waals surface area contributed by atoms with Crippen LogP contribution >= 0.6 is 0 Å². The topological polar surface area (TPSA) is 58.9 Å². The van der Waals surface area contributed by atoms with Crippen LogP contribution in [-0.4, -0.2) is 45.3 Å². The molecule has 0 saturated heterocycles. The molecule has 6 heteroatoms. The van der Waals surface area contributed by atoms with Crippen LogP contribution in [-0.2, 0) is 13.6 Å². The Labute approximate surface area is 113 Å². The van der Waals surface area contributed by atoms with E-state index in [2.05, 4.69) is 46.2 Å². The van der Waals surface area contributed by atoms with Crippen LogP contribution in [0.4, 0.5) is 5.82 Å². The molecule has 2 rings (SSSR count). The number of fused-ring (bicyclic) bond motifs is 1. The van der Waals surface area contributed by atoms with Gasteiger partial charge in [0.15, 0.2) is 5.65 Å². The van der Waals surface area contributed by atoms with Gasteiger partial charge in [-0.3, -0.25) is 9.58 Å². The Morgan fingerprint density at radius 1 is 1.37 bits per heavy atom. The molecule has 0 atom stereocenters. The van der Waals surface area contributed by atoms with Crippen molar-refractivity contribution >= 4 is 16.9 Å². The number of hydrogen-bond donors (Lipinski definition) is 1. The molecule has 0 aliphatic rings. The molecule has 0 radical (unpaired) electrons. The third kappa shape index (κ3) is 3.01. The molecule has 0 spiro atoms. The van der Waals surface area contributed by atoms with Crippen LogP contribution < -0.4 is 5.32 Å². The fourth-order valence-electron chi connectivity index (χ4n) is 2.26. The van der Waals surface area contributed by atoms with Crippen molar-refractivity contribution in [3.63, 3.8) is 0 Å². The Hall–Kier alpha value is -1.69. The van der Waals surface area contributed by atoms with Crippen LogP contribution in [0.25, 0.3) is 11.0 Å². The lowest BCUT2D eigenvalue weighted by atomic mass is 10.2. The molecule has 1 N–H and O–H groups in total. The minimum atomic E-state index is 0.634. The van der Waals surface area contributed by atoms with Gasteiger partial charge in [-0.25, -0.2) is 9.97 Å². The van der Waals surface area contributed by atoms with E-state index in [1.807, 2.05) is 14.1 Å². The third-order valence-electron chi connectivity index (χ3n) is 2.96. The molecule has 19 heavy (non-hydrogen) atoms. The minimum absolute atomic E-state index is 0.634. The molecular formula is C13H22N6. The zero-order chi connectivity index (χ0) is 14.0. The van der Waals surface area contributed by atoms with Gasteiger partial charge in [-0.1, -0.05) is 13.8 Å². The summed E-state index contributed by atoms with van der Waals surface area (Å²) in [5.41, 5.74) is 0.868. The predicted octanol–water partition coefficient (Wildman–Crippen LogP) is 1.49. The van der Waals surface area contributed by atoms with Crippen molar-refractivity contribution in [2.24, 2.45) is 13.0 Å². The van der Waals surface area contributed by atoms with Crippen molar-refractivity contribution in [1.82, 2.24) is 24.6 Å². The maximum absolute atomic E-state index is 4.60. The van der Waals surface area contributed by atoms with Gasteiger partial charge >= 0.3 is 0 Å². The normalized spacial score (nSPS) is 11.7. The van der Waals surface area contributed by atoms with Crippen molar-refractivity contribution in [2.75, 3.05) is 26.0 Å². The predicted molar refractivity (Wildman–Crippen MR) is 77.0 cm³/mol. The van der Waals surface area contributed by atoms with Crippen molar-refractivity contribution in [2.45, 2.75) is 20.4 Å². The Kier molecular flexibility index (Phi) is 3.99. The maximum Gasteiger partial charge on any atom is 0.163 e. The van der Waals surface area contributed by atoms with Crippen molar-refractivity contribution in [1.29, 1.82) is 0 Å². The SMILES string of the molecule is CNc1nc(CN(C)CC(C)C)nc2c1cnn2C. The summed E-state index contributed by atoms with van der Waals surface area (Å²) in [6, 6.07) is 0. The van der Waals surface area contributed by atoms with E-state index in [0.29, 0.717) is 5.92 Å². The molecule has 0 saturated carbocycles. The van der Waals surface area contributed by atoms with E-state index in [9.17, 15) is 0 Å². The van der Waals surface area contributed by atoms with E-state index >= 15 is 0 Å². The summed E-state index contributed by atoms with van der Waals surface area (Å²) in [4.78, 5) is 11.4. The van der Waals surface area contributed by atoms with Crippen LogP contribution in [0.1, 0.15) is 19.7 Å². The Balaban J connectivity index is 2.30. The van der Waals surface area contributed by atoms with Gasteiger partial charge in [0.25, 0.3) is 0 Å². The van der Waals surface area contributed by atoms with Crippen LogP contribution in [0, 0.1) is 5.92 Å². The standard InChI is InChI=1S/C13H22N6/c1-9(2)7-18(4)8-11-16-12(14-3)10-6-15-19(5)13(10)17-11/h6,9H,7-8H2,1-5H3,(H,14,16,17). The monoisotopic (exact) mass is 262 g/mol. The number of aryl methyl sites for hydroxylation is 1. The summed E-state index contributed by atoms with van der Waals surface area (Å²) >= 11 is 0. The second-order valence-electron chi connectivity index (χ2n) is 5.33. The summed E-state index contributed by atoms with van der Waals surface area (Å²) in [5.74, 6) is 2.30. The number of nitrogens with one attached hydrogen (secondary N) is 1. The Morgan fingerprint density at radius 3 is 2.74 bits per heavy atom. The van der Waals surface area contributed by atoms with E-state index < -0.39 is 0 Å². The second-order valence-corrected chi connectivity index (χ2v) is 5.33. The highest BCUT2D eigenvalue weighted by Crippen LogP contribution is 2.19. The largest absolute Gasteiger partial charge is 0.372 e. The van der Waals surface area contributed by atoms with Gasteiger partial charge in [0.2, 0.25) is 0 Å². The second kappa shape index (κ2) is 5.52. The zero-order valence-corrected chi connectivity index (χ0v) is 12.3. The van der Waals surface area contributed by atoms with Crippen LogP contribution in [0.3, 0.4) is 0 Å². The van der Waals surface area contributed by atoms with Crippen molar-refractivity contribution in [3.05, 3.63) is 12.0 Å². The lowest BCUT2D eigenvalue weighted by Gasteiger charge is -2.18. The van der Waals surface area contributed by atoms with Gasteiger partial charge in [-0.05, 0) is 13.0 Å². The first-order valence-electron chi connectivity index (χ1n) is 6.56. The molecule has 0 aliphatic heterocycles. The zero-order valence-electron chi connectivity index (χ0n) is 12.3. The smallest absolute Gasteiger partial charge is 0.163 e. The first kappa shape index (κ1) is 13.7. The van der Waals surface area contributed by atoms with Crippen molar-refractivity contribution < 1.29 is 0 Å². The molecule has 2 aromatic heterocycles. The Bertz CT molecular complexity index is 560. The van der Waals surface area contributed by atoms with Gasteiger partial charge in [0.1, 0.15) is 11.6 Å². The molecule has 0 aromatic carbocycles. The van der Waals surface area contributed by atoms with Crippen molar-refractivity contribution in [3.8, 4) is 0 Å². The third-order valence-corrected chi connectivity index (χ3v) is 2.96. The average molecular weight is 262 g/mol. The molecule has 0 bridgehead atoms. The summed E-state index contributed by atoms with van der Waals surface area (Å²) in [5, 5.41) is 8.31. The van der Waals surface area contributed by atoms with E-state index in [1.54, 1.807) is 10.9 Å². The van der Waals surface area contributed by atoms with Crippen LogP contribution in [0.2, 0.25) is 0 Å². The maximum atomic E-state index is 4.60. The molecule has 0 amide bonds. The quantitative estimate of drug-likeness (QED) is 0.884. The van der Waals surface area contributed by atoms with Gasteiger partial charge in [0, 0.05) is 20.6 Å². The lowest BCUT2D eigenvalue weighted by Crippen LogP contribution is -2.24.